The Labute approximate surface area is 109 Å². The van der Waals surface area contributed by atoms with E-state index < -0.39 is 0 Å². The zero-order valence-corrected chi connectivity index (χ0v) is 11.6. The second-order valence-corrected chi connectivity index (χ2v) is 5.21. The van der Waals surface area contributed by atoms with Crippen LogP contribution in [0.5, 0.6) is 5.75 Å². The highest BCUT2D eigenvalue weighted by molar-refractivity contribution is 5.99. The number of carbonyl (C=O) groups excluding carboxylic acids is 1. The first kappa shape index (κ1) is 13.1. The number of Topliss-reactive ketones (excluding diaryl/α,β-unsaturated/α-hetero) is 1. The van der Waals surface area contributed by atoms with Crippen LogP contribution < -0.4 is 4.74 Å². The SMILES string of the molecule is CCOc1cc(C)c(C(=O)C2CCCC2)cc1C. The summed E-state index contributed by atoms with van der Waals surface area (Å²) in [6.07, 6.45) is 4.52. The molecule has 0 bridgehead atoms. The normalized spacial score (nSPS) is 15.9. The topological polar surface area (TPSA) is 26.3 Å². The van der Waals surface area contributed by atoms with Gasteiger partial charge in [0.05, 0.1) is 6.61 Å². The summed E-state index contributed by atoms with van der Waals surface area (Å²) >= 11 is 0. The van der Waals surface area contributed by atoms with E-state index >= 15 is 0 Å². The number of hydrogen-bond donors (Lipinski definition) is 0. The maximum absolute atomic E-state index is 12.4. The van der Waals surface area contributed by atoms with Crippen LogP contribution in [0, 0.1) is 19.8 Å². The summed E-state index contributed by atoms with van der Waals surface area (Å²) in [5, 5.41) is 0. The number of aryl methyl sites for hydroxylation is 2. The molecule has 2 nitrogen and oxygen atoms in total. The molecule has 0 aliphatic heterocycles. The second-order valence-electron chi connectivity index (χ2n) is 5.21. The summed E-state index contributed by atoms with van der Waals surface area (Å²) in [7, 11) is 0. The number of hydrogen-bond acceptors (Lipinski definition) is 2. The van der Waals surface area contributed by atoms with Crippen molar-refractivity contribution in [2.45, 2.75) is 46.5 Å². The zero-order chi connectivity index (χ0) is 13.1. The van der Waals surface area contributed by atoms with Gasteiger partial charge >= 0.3 is 0 Å². The standard InChI is InChI=1S/C16H22O2/c1-4-18-15-10-11(2)14(9-12(15)3)16(17)13-7-5-6-8-13/h9-10,13H,4-8H2,1-3H3. The van der Waals surface area contributed by atoms with Crippen LogP contribution in [0.1, 0.15) is 54.1 Å². The highest BCUT2D eigenvalue weighted by Gasteiger charge is 2.25. The summed E-state index contributed by atoms with van der Waals surface area (Å²) in [6, 6.07) is 4.00. The van der Waals surface area contributed by atoms with E-state index in [1.807, 2.05) is 32.9 Å². The van der Waals surface area contributed by atoms with Crippen molar-refractivity contribution in [1.82, 2.24) is 0 Å². The Morgan fingerprint density at radius 1 is 1.22 bits per heavy atom. The minimum atomic E-state index is 0.251. The van der Waals surface area contributed by atoms with Crippen LogP contribution >= 0.6 is 0 Å². The van der Waals surface area contributed by atoms with E-state index in [1.165, 1.54) is 12.8 Å². The summed E-state index contributed by atoms with van der Waals surface area (Å²) in [4.78, 5) is 12.4. The number of rotatable bonds is 4. The molecule has 98 valence electrons. The lowest BCUT2D eigenvalue weighted by atomic mass is 9.92. The monoisotopic (exact) mass is 246 g/mol. The van der Waals surface area contributed by atoms with Crippen molar-refractivity contribution in [2.75, 3.05) is 6.61 Å². The van der Waals surface area contributed by atoms with Crippen LogP contribution in [-0.4, -0.2) is 12.4 Å². The molecule has 0 spiro atoms. The number of carbonyl (C=O) groups is 1. The van der Waals surface area contributed by atoms with Gasteiger partial charge in [0.25, 0.3) is 0 Å². The molecule has 1 fully saturated rings. The number of ketones is 1. The molecule has 1 aliphatic rings. The molecule has 0 saturated heterocycles. The first-order valence-electron chi connectivity index (χ1n) is 6.91. The third-order valence-corrected chi connectivity index (χ3v) is 3.81. The minimum Gasteiger partial charge on any atom is -0.494 e. The average molecular weight is 246 g/mol. The van der Waals surface area contributed by atoms with Crippen molar-refractivity contribution >= 4 is 5.78 Å². The van der Waals surface area contributed by atoms with Crippen molar-refractivity contribution < 1.29 is 9.53 Å². The van der Waals surface area contributed by atoms with Gasteiger partial charge in [0.1, 0.15) is 5.75 Å². The van der Waals surface area contributed by atoms with Crippen LogP contribution in [0.3, 0.4) is 0 Å². The van der Waals surface area contributed by atoms with E-state index in [4.69, 9.17) is 4.74 Å². The zero-order valence-electron chi connectivity index (χ0n) is 11.6. The van der Waals surface area contributed by atoms with Crippen LogP contribution in [0.25, 0.3) is 0 Å². The average Bonchev–Trinajstić information content (AvgIpc) is 2.86. The lowest BCUT2D eigenvalue weighted by molar-refractivity contribution is 0.0922. The number of ether oxygens (including phenoxy) is 1. The van der Waals surface area contributed by atoms with Gasteiger partial charge in [0, 0.05) is 11.5 Å². The second kappa shape index (κ2) is 5.55. The summed E-state index contributed by atoms with van der Waals surface area (Å²) < 4.78 is 5.57. The Balaban J connectivity index is 2.27. The molecule has 0 N–H and O–H groups in total. The molecule has 1 aromatic carbocycles. The van der Waals surface area contributed by atoms with Gasteiger partial charge in [-0.2, -0.15) is 0 Å². The van der Waals surface area contributed by atoms with Gasteiger partial charge < -0.3 is 4.74 Å². The maximum Gasteiger partial charge on any atom is 0.166 e. The molecule has 1 aliphatic carbocycles. The van der Waals surface area contributed by atoms with Crippen LogP contribution in [0.4, 0.5) is 0 Å². The summed E-state index contributed by atoms with van der Waals surface area (Å²) in [6.45, 7) is 6.66. The minimum absolute atomic E-state index is 0.251. The quantitative estimate of drug-likeness (QED) is 0.748. The van der Waals surface area contributed by atoms with E-state index in [0.29, 0.717) is 12.4 Å². The molecular formula is C16H22O2. The smallest absolute Gasteiger partial charge is 0.166 e. The van der Waals surface area contributed by atoms with Gasteiger partial charge in [-0.15, -0.1) is 0 Å². The highest BCUT2D eigenvalue weighted by Crippen LogP contribution is 2.31. The van der Waals surface area contributed by atoms with Gasteiger partial charge in [0.15, 0.2) is 5.78 Å². The van der Waals surface area contributed by atoms with E-state index in [9.17, 15) is 4.79 Å². The van der Waals surface area contributed by atoms with Gasteiger partial charge in [-0.3, -0.25) is 4.79 Å². The van der Waals surface area contributed by atoms with Crippen molar-refractivity contribution in [2.24, 2.45) is 5.92 Å². The van der Waals surface area contributed by atoms with Crippen molar-refractivity contribution in [3.63, 3.8) is 0 Å². The fraction of sp³-hybridized carbons (Fsp3) is 0.562. The van der Waals surface area contributed by atoms with Gasteiger partial charge in [-0.1, -0.05) is 12.8 Å². The molecule has 1 saturated carbocycles. The van der Waals surface area contributed by atoms with Crippen LogP contribution in [0.2, 0.25) is 0 Å². The summed E-state index contributed by atoms with van der Waals surface area (Å²) in [5.74, 6) is 1.48. The molecular weight excluding hydrogens is 224 g/mol. The fourth-order valence-corrected chi connectivity index (χ4v) is 2.77. The first-order chi connectivity index (χ1) is 8.63. The van der Waals surface area contributed by atoms with Crippen molar-refractivity contribution in [1.29, 1.82) is 0 Å². The molecule has 0 aromatic heterocycles. The highest BCUT2D eigenvalue weighted by atomic mass is 16.5. The van der Waals surface area contributed by atoms with E-state index in [0.717, 1.165) is 35.3 Å². The Kier molecular flexibility index (Phi) is 4.05. The molecule has 0 amide bonds. The Morgan fingerprint density at radius 3 is 2.50 bits per heavy atom. The lowest BCUT2D eigenvalue weighted by Crippen LogP contribution is -2.13. The third kappa shape index (κ3) is 2.58. The van der Waals surface area contributed by atoms with E-state index in [-0.39, 0.29) is 5.92 Å². The maximum atomic E-state index is 12.4. The molecule has 2 rings (SSSR count). The first-order valence-corrected chi connectivity index (χ1v) is 6.91. The van der Waals surface area contributed by atoms with E-state index in [2.05, 4.69) is 0 Å². The van der Waals surface area contributed by atoms with Crippen LogP contribution in [0.15, 0.2) is 12.1 Å². The third-order valence-electron chi connectivity index (χ3n) is 3.81. The predicted octanol–water partition coefficient (Wildman–Crippen LogP) is 4.08. The van der Waals surface area contributed by atoms with Gasteiger partial charge in [-0.05, 0) is 56.9 Å². The van der Waals surface area contributed by atoms with Crippen molar-refractivity contribution in [3.05, 3.63) is 28.8 Å². The van der Waals surface area contributed by atoms with Crippen molar-refractivity contribution in [3.8, 4) is 5.75 Å². The predicted molar refractivity (Wildman–Crippen MR) is 73.4 cm³/mol. The number of benzene rings is 1. The molecule has 1 aromatic rings. The molecule has 0 heterocycles. The molecule has 0 radical (unpaired) electrons. The Hall–Kier alpha value is -1.31. The fourth-order valence-electron chi connectivity index (χ4n) is 2.77. The Bertz CT molecular complexity index is 443. The Morgan fingerprint density at radius 2 is 1.89 bits per heavy atom. The largest absolute Gasteiger partial charge is 0.494 e. The molecule has 0 atom stereocenters. The van der Waals surface area contributed by atoms with E-state index in [1.54, 1.807) is 0 Å². The van der Waals surface area contributed by atoms with Crippen LogP contribution in [-0.2, 0) is 0 Å². The molecule has 18 heavy (non-hydrogen) atoms. The van der Waals surface area contributed by atoms with Gasteiger partial charge in [-0.25, -0.2) is 0 Å². The summed E-state index contributed by atoms with van der Waals surface area (Å²) in [5.41, 5.74) is 2.99. The van der Waals surface area contributed by atoms with Gasteiger partial charge in [0.2, 0.25) is 0 Å². The lowest BCUT2D eigenvalue weighted by Gasteiger charge is -2.14. The molecule has 2 heteroatoms. The molecule has 0 unspecified atom stereocenters.